The monoisotopic (exact) mass is 979 g/mol. The Bertz CT molecular complexity index is 2780. The van der Waals surface area contributed by atoms with Crippen molar-refractivity contribution in [2.75, 3.05) is 37.0 Å². The van der Waals surface area contributed by atoms with E-state index in [9.17, 15) is 24.3 Å². The van der Waals surface area contributed by atoms with Gasteiger partial charge in [0.15, 0.2) is 11.6 Å². The summed E-state index contributed by atoms with van der Waals surface area (Å²) in [6.45, 7) is 12.5. The smallest absolute Gasteiger partial charge is 0.407 e. The number of aromatic nitrogens is 4. The molecule has 0 radical (unpaired) electrons. The Morgan fingerprint density at radius 3 is 1.68 bits per heavy atom. The summed E-state index contributed by atoms with van der Waals surface area (Å²) >= 11 is 0. The molecule has 8 atom stereocenters. The van der Waals surface area contributed by atoms with Crippen LogP contribution in [0.5, 0.6) is 0 Å². The lowest BCUT2D eigenvalue weighted by molar-refractivity contribution is -0.138. The zero-order valence-electron chi connectivity index (χ0n) is 42.0. The van der Waals surface area contributed by atoms with Crippen LogP contribution in [0.1, 0.15) is 146 Å². The van der Waals surface area contributed by atoms with Gasteiger partial charge in [-0.2, -0.15) is 0 Å². The van der Waals surface area contributed by atoms with Crippen molar-refractivity contribution in [3.63, 3.8) is 0 Å². The topological polar surface area (TPSA) is 183 Å². The van der Waals surface area contributed by atoms with Gasteiger partial charge in [0.25, 0.3) is 0 Å². The van der Waals surface area contributed by atoms with E-state index in [-0.39, 0.29) is 65.6 Å². The number of likely N-dealkylation sites (tertiary alicyclic amines) is 2. The van der Waals surface area contributed by atoms with Crippen LogP contribution in [0.2, 0.25) is 0 Å². The number of benzene rings is 3. The highest BCUT2D eigenvalue weighted by Gasteiger charge is 2.42. The summed E-state index contributed by atoms with van der Waals surface area (Å²) in [5.41, 5.74) is 5.26. The number of carbonyl (C=O) groups excluding carboxylic acids is 3. The highest BCUT2D eigenvalue weighted by Crippen LogP contribution is 2.49. The number of ether oxygens (including phenoxy) is 1. The first-order valence-corrected chi connectivity index (χ1v) is 25.4. The maximum absolute atomic E-state index is 16.8. The summed E-state index contributed by atoms with van der Waals surface area (Å²) in [7, 11) is 2.70. The minimum atomic E-state index is -1.16. The van der Waals surface area contributed by atoms with Gasteiger partial charge in [0.1, 0.15) is 29.4 Å². The van der Waals surface area contributed by atoms with Gasteiger partial charge in [-0.25, -0.2) is 28.3 Å². The summed E-state index contributed by atoms with van der Waals surface area (Å²) in [4.78, 5) is 77.8. The van der Waals surface area contributed by atoms with Crippen molar-refractivity contribution in [1.82, 2.24) is 40.0 Å². The first-order valence-electron chi connectivity index (χ1n) is 25.4. The first-order chi connectivity index (χ1) is 33.9. The Morgan fingerprint density at radius 1 is 0.704 bits per heavy atom. The number of alkyl carbamates (subject to hydrolysis) is 1. The fourth-order valence-electron chi connectivity index (χ4n) is 12.2. The molecule has 4 amide bonds. The van der Waals surface area contributed by atoms with Crippen LogP contribution in [0.4, 0.5) is 29.7 Å². The molecule has 3 aromatic carbocycles. The number of aromatic amines is 2. The fraction of sp³-hybridized carbons (Fsp3) is 0.547. The van der Waals surface area contributed by atoms with Crippen LogP contribution in [0.25, 0.3) is 22.1 Å². The summed E-state index contributed by atoms with van der Waals surface area (Å²) < 4.78 is 38.3. The van der Waals surface area contributed by atoms with E-state index >= 15 is 8.78 Å². The van der Waals surface area contributed by atoms with E-state index in [0.717, 1.165) is 64.7 Å². The Balaban J connectivity index is 1.05. The molecule has 0 unspecified atom stereocenters. The largest absolute Gasteiger partial charge is 0.465 e. The molecule has 6 heterocycles. The van der Waals surface area contributed by atoms with Crippen molar-refractivity contribution in [2.45, 2.75) is 148 Å². The number of anilines is 2. The molecule has 9 rings (SSSR count). The van der Waals surface area contributed by atoms with E-state index < -0.39 is 35.9 Å². The highest BCUT2D eigenvalue weighted by molar-refractivity contribution is 5.87. The van der Waals surface area contributed by atoms with Gasteiger partial charge in [0.05, 0.1) is 53.3 Å². The Kier molecular flexibility index (Phi) is 13.9. The van der Waals surface area contributed by atoms with Crippen molar-refractivity contribution >= 4 is 57.4 Å². The maximum Gasteiger partial charge on any atom is 0.407 e. The molecule has 4 saturated heterocycles. The van der Waals surface area contributed by atoms with Gasteiger partial charge in [0.2, 0.25) is 11.8 Å². The predicted octanol–water partition coefficient (Wildman–Crippen LogP) is 9.91. The minimum Gasteiger partial charge on any atom is -0.465 e. The van der Waals surface area contributed by atoms with Gasteiger partial charge >= 0.3 is 12.2 Å². The molecule has 16 nitrogen and oxygen atoms in total. The number of fused-ring (bicyclic) bond motifs is 2. The number of methoxy groups -OCH3 is 1. The van der Waals surface area contributed by atoms with Crippen LogP contribution in [0.3, 0.4) is 0 Å². The predicted molar refractivity (Wildman–Crippen MR) is 267 cm³/mol. The lowest BCUT2D eigenvalue weighted by Crippen LogP contribution is -2.51. The molecule has 4 aliphatic rings. The van der Waals surface area contributed by atoms with E-state index in [1.54, 1.807) is 9.80 Å². The number of imidazole rings is 2. The molecule has 4 N–H and O–H groups in total. The first kappa shape index (κ1) is 49.5. The van der Waals surface area contributed by atoms with Crippen molar-refractivity contribution in [3.8, 4) is 0 Å². The molecule has 2 aromatic heterocycles. The molecule has 0 bridgehead atoms. The third kappa shape index (κ3) is 9.34. The molecular formula is C53H68F2N10O6. The lowest BCUT2D eigenvalue weighted by Gasteiger charge is -2.41. The third-order valence-corrected chi connectivity index (χ3v) is 15.7. The standard InChI is InChI=1S/C53H68F2N10O6/c1-28(2)45(60-52(68)71-8)50(66)62-22-10-14-43(62)48-56-37-18-16-32(24-39(37)58-48)41-20-21-42(65(41)34-26-35(54)47(36(55)27-34)64-30(5)12-9-13-31(64)6)33-17-19-38-40(25-33)59-49(57-38)44-15-11-23-63(44)51(67)46(29(3)4)61(7)53(69)70/h16-19,24-31,41-46H,9-15,20-23H2,1-8H3,(H,56,58)(H,57,59)(H,60,68)(H,69,70)/t30-,31+,41-,42-,43+,44+,45+,46+/m1/s1. The molecule has 4 fully saturated rings. The SMILES string of the molecule is COC(=O)N[C@H](C(=O)N1CCC[C@H]1c1nc2ccc([C@H]3CC[C@H](c4ccc5nc([C@@H]6CCCN6C(=O)[C@H](C(C)C)N(C)C(=O)O)[nH]c5c4)N3c3cc(F)c(N4[C@H](C)CCC[C@@H]4C)c(F)c3)cc2[nH]1)C(C)C. The number of carbonyl (C=O) groups is 4. The molecule has 71 heavy (non-hydrogen) atoms. The molecule has 5 aromatic rings. The number of nitrogens with zero attached hydrogens (tertiary/aromatic N) is 7. The average Bonchev–Trinajstić information content (AvgIpc) is 4.19. The second-order valence-electron chi connectivity index (χ2n) is 20.9. The number of carboxylic acid groups (broad SMARTS) is 1. The van der Waals surface area contributed by atoms with Crippen LogP contribution < -0.4 is 15.1 Å². The van der Waals surface area contributed by atoms with Crippen molar-refractivity contribution in [1.29, 1.82) is 0 Å². The summed E-state index contributed by atoms with van der Waals surface area (Å²) in [5, 5.41) is 12.5. The zero-order chi connectivity index (χ0) is 50.6. The number of rotatable bonds is 12. The van der Waals surface area contributed by atoms with E-state index in [4.69, 9.17) is 14.7 Å². The van der Waals surface area contributed by atoms with Gasteiger partial charge in [-0.3, -0.25) is 14.5 Å². The van der Waals surface area contributed by atoms with Gasteiger partial charge in [-0.15, -0.1) is 0 Å². The summed E-state index contributed by atoms with van der Waals surface area (Å²) in [5.74, 6) is -0.790. The van der Waals surface area contributed by atoms with Crippen LogP contribution in [0, 0.1) is 23.5 Å². The van der Waals surface area contributed by atoms with E-state index in [0.29, 0.717) is 61.6 Å². The fourth-order valence-corrected chi connectivity index (χ4v) is 12.2. The van der Waals surface area contributed by atoms with Crippen LogP contribution >= 0.6 is 0 Å². The molecular weight excluding hydrogens is 911 g/mol. The van der Waals surface area contributed by atoms with Gasteiger partial charge in [-0.05, 0) is 131 Å². The van der Waals surface area contributed by atoms with Crippen LogP contribution in [0.15, 0.2) is 48.5 Å². The number of piperidine rings is 1. The van der Waals surface area contributed by atoms with Crippen molar-refractivity contribution < 1.29 is 37.8 Å². The Hall–Kier alpha value is -6.46. The zero-order valence-corrected chi connectivity index (χ0v) is 42.0. The number of H-pyrrole nitrogens is 2. The molecule has 4 aliphatic heterocycles. The van der Waals surface area contributed by atoms with Gasteiger partial charge < -0.3 is 44.7 Å². The third-order valence-electron chi connectivity index (χ3n) is 15.7. The number of nitrogens with one attached hydrogen (secondary N) is 3. The number of hydrogen-bond donors (Lipinski definition) is 4. The molecule has 0 spiro atoms. The second-order valence-corrected chi connectivity index (χ2v) is 20.9. The van der Waals surface area contributed by atoms with E-state index in [1.807, 2.05) is 76.8 Å². The van der Waals surface area contributed by atoms with Gasteiger partial charge in [0, 0.05) is 37.9 Å². The van der Waals surface area contributed by atoms with E-state index in [2.05, 4.69) is 26.3 Å². The maximum atomic E-state index is 16.8. The van der Waals surface area contributed by atoms with Crippen molar-refractivity contribution in [2.24, 2.45) is 11.8 Å². The van der Waals surface area contributed by atoms with Crippen LogP contribution in [-0.4, -0.2) is 115 Å². The minimum absolute atomic E-state index is 0.00699. The quantitative estimate of drug-likeness (QED) is 0.0939. The van der Waals surface area contributed by atoms with E-state index in [1.165, 1.54) is 26.3 Å². The number of halogens is 2. The second kappa shape index (κ2) is 20.0. The van der Waals surface area contributed by atoms with Crippen LogP contribution in [-0.2, 0) is 14.3 Å². The normalized spacial score (nSPS) is 23.6. The van der Waals surface area contributed by atoms with Gasteiger partial charge in [-0.1, -0.05) is 39.8 Å². The Labute approximate surface area is 413 Å². The highest BCUT2D eigenvalue weighted by atomic mass is 19.1. The average molecular weight is 979 g/mol. The summed E-state index contributed by atoms with van der Waals surface area (Å²) in [6.07, 6.45) is 5.12. The number of hydrogen-bond acceptors (Lipinski definition) is 9. The lowest BCUT2D eigenvalue weighted by atomic mass is 9.96. The molecule has 380 valence electrons. The number of amides is 4. The molecule has 0 saturated carbocycles. The molecule has 0 aliphatic carbocycles. The summed E-state index contributed by atoms with van der Waals surface area (Å²) in [6, 6.07) is 12.1. The van der Waals surface area contributed by atoms with Crippen molar-refractivity contribution in [3.05, 3.63) is 82.9 Å². The molecule has 18 heteroatoms. The number of likely N-dealkylation sites (N-methyl/N-ethyl adjacent to an activating group) is 1. The Morgan fingerprint density at radius 2 is 1.21 bits per heavy atom.